The number of nitrogens with one attached hydrogen (secondary N) is 2. The van der Waals surface area contributed by atoms with Crippen molar-refractivity contribution in [2.75, 3.05) is 10.7 Å². The second-order valence-electron chi connectivity index (χ2n) is 4.33. The fourth-order valence-corrected chi connectivity index (χ4v) is 2.32. The summed E-state index contributed by atoms with van der Waals surface area (Å²) < 4.78 is 1.07. The predicted molar refractivity (Wildman–Crippen MR) is 86.0 cm³/mol. The van der Waals surface area contributed by atoms with Gasteiger partial charge in [-0.05, 0) is 30.2 Å². The largest absolute Gasteiger partial charge is 0.340 e. The molecule has 1 aromatic heterocycles. The van der Waals surface area contributed by atoms with Crippen molar-refractivity contribution in [2.24, 2.45) is 5.84 Å². The third-order valence-electron chi connectivity index (χ3n) is 2.95. The molecule has 4 N–H and O–H groups in total. The molecule has 0 aliphatic rings. The van der Waals surface area contributed by atoms with E-state index < -0.39 is 0 Å². The van der Waals surface area contributed by atoms with Crippen LogP contribution in [0.2, 0.25) is 0 Å². The minimum atomic E-state index is 0.606. The highest BCUT2D eigenvalue weighted by Gasteiger charge is 2.06. The first-order valence-corrected chi connectivity index (χ1v) is 7.35. The van der Waals surface area contributed by atoms with Gasteiger partial charge in [0.05, 0.1) is 0 Å². The molecule has 0 saturated heterocycles. The van der Waals surface area contributed by atoms with Crippen LogP contribution in [0.4, 0.5) is 17.3 Å². The second-order valence-corrected chi connectivity index (χ2v) is 5.25. The third kappa shape index (κ3) is 3.46. The molecular formula is C14H18BrN5. The van der Waals surface area contributed by atoms with Crippen LogP contribution in [0.1, 0.15) is 25.2 Å². The van der Waals surface area contributed by atoms with Crippen molar-refractivity contribution in [3.63, 3.8) is 0 Å². The molecule has 0 aliphatic heterocycles. The quantitative estimate of drug-likeness (QED) is 0.576. The lowest BCUT2D eigenvalue weighted by Crippen LogP contribution is -2.11. The van der Waals surface area contributed by atoms with Gasteiger partial charge in [-0.1, -0.05) is 29.8 Å². The number of aromatic nitrogens is 2. The molecule has 0 amide bonds. The number of hydrazine groups is 1. The van der Waals surface area contributed by atoms with Crippen molar-refractivity contribution in [3.05, 3.63) is 40.1 Å². The molecule has 0 aliphatic carbocycles. The Kier molecular flexibility index (Phi) is 4.92. The van der Waals surface area contributed by atoms with Gasteiger partial charge in [0.2, 0.25) is 0 Å². The maximum atomic E-state index is 5.44. The summed E-state index contributed by atoms with van der Waals surface area (Å²) in [5.41, 5.74) is 4.83. The summed E-state index contributed by atoms with van der Waals surface area (Å²) in [4.78, 5) is 8.74. The van der Waals surface area contributed by atoms with Crippen molar-refractivity contribution < 1.29 is 0 Å². The molecule has 0 fully saturated rings. The number of nitrogens with zero attached hydrogens (tertiary/aromatic N) is 2. The Hall–Kier alpha value is -1.66. The van der Waals surface area contributed by atoms with Crippen LogP contribution in [0.25, 0.3) is 0 Å². The van der Waals surface area contributed by atoms with Gasteiger partial charge >= 0.3 is 0 Å². The van der Waals surface area contributed by atoms with E-state index in [0.717, 1.165) is 34.6 Å². The Morgan fingerprint density at radius 2 is 1.85 bits per heavy atom. The van der Waals surface area contributed by atoms with Crippen LogP contribution in [0.15, 0.2) is 28.7 Å². The number of aryl methyl sites for hydroxylation is 2. The number of anilines is 3. The zero-order valence-electron chi connectivity index (χ0n) is 11.6. The van der Waals surface area contributed by atoms with Gasteiger partial charge in [0.15, 0.2) is 0 Å². The number of benzene rings is 1. The van der Waals surface area contributed by atoms with E-state index in [9.17, 15) is 0 Å². The summed E-state index contributed by atoms with van der Waals surface area (Å²) in [5, 5.41) is 3.33. The Labute approximate surface area is 127 Å². The summed E-state index contributed by atoms with van der Waals surface area (Å²) in [7, 11) is 0. The summed E-state index contributed by atoms with van der Waals surface area (Å²) >= 11 is 3.49. The molecule has 106 valence electrons. The fraction of sp³-hybridized carbons (Fsp3) is 0.286. The van der Waals surface area contributed by atoms with Crippen molar-refractivity contribution in [3.8, 4) is 0 Å². The van der Waals surface area contributed by atoms with E-state index in [1.807, 2.05) is 19.1 Å². The van der Waals surface area contributed by atoms with Crippen LogP contribution in [0.3, 0.4) is 0 Å². The SMILES string of the molecule is CCc1nc(NN)cc(Nc2ccc(Br)cc2CC)n1. The molecule has 5 nitrogen and oxygen atoms in total. The number of nitrogens with two attached hydrogens (primary N) is 1. The second kappa shape index (κ2) is 6.67. The van der Waals surface area contributed by atoms with E-state index in [2.05, 4.69) is 49.6 Å². The maximum absolute atomic E-state index is 5.44. The molecule has 6 heteroatoms. The van der Waals surface area contributed by atoms with Gasteiger partial charge in [-0.25, -0.2) is 15.8 Å². The lowest BCUT2D eigenvalue weighted by molar-refractivity contribution is 0.941. The van der Waals surface area contributed by atoms with Gasteiger partial charge in [0.1, 0.15) is 17.5 Å². The van der Waals surface area contributed by atoms with E-state index in [-0.39, 0.29) is 0 Å². The molecular weight excluding hydrogens is 318 g/mol. The first-order chi connectivity index (χ1) is 9.66. The Bertz CT molecular complexity index is 578. The van der Waals surface area contributed by atoms with Crippen molar-refractivity contribution in [2.45, 2.75) is 26.7 Å². The molecule has 2 rings (SSSR count). The number of hydrogen-bond acceptors (Lipinski definition) is 5. The first-order valence-electron chi connectivity index (χ1n) is 6.56. The maximum Gasteiger partial charge on any atom is 0.145 e. The Balaban J connectivity index is 2.34. The van der Waals surface area contributed by atoms with E-state index in [4.69, 9.17) is 5.84 Å². The average Bonchev–Trinajstić information content (AvgIpc) is 2.48. The molecule has 1 aromatic carbocycles. The van der Waals surface area contributed by atoms with Crippen LogP contribution < -0.4 is 16.6 Å². The number of rotatable bonds is 5. The number of nitrogen functional groups attached to an aromatic ring is 1. The van der Waals surface area contributed by atoms with Gasteiger partial charge in [-0.15, -0.1) is 0 Å². The number of hydrogen-bond donors (Lipinski definition) is 3. The molecule has 20 heavy (non-hydrogen) atoms. The Morgan fingerprint density at radius 3 is 2.50 bits per heavy atom. The zero-order valence-corrected chi connectivity index (χ0v) is 13.2. The van der Waals surface area contributed by atoms with E-state index >= 15 is 0 Å². The van der Waals surface area contributed by atoms with Crippen molar-refractivity contribution in [1.82, 2.24) is 9.97 Å². The molecule has 0 radical (unpaired) electrons. The smallest absolute Gasteiger partial charge is 0.145 e. The van der Waals surface area contributed by atoms with Crippen LogP contribution in [-0.4, -0.2) is 9.97 Å². The normalized spacial score (nSPS) is 10.4. The highest BCUT2D eigenvalue weighted by atomic mass is 79.9. The molecule has 2 aromatic rings. The van der Waals surface area contributed by atoms with Gasteiger partial charge in [-0.3, -0.25) is 0 Å². The highest BCUT2D eigenvalue weighted by molar-refractivity contribution is 9.10. The van der Waals surface area contributed by atoms with Gasteiger partial charge in [0.25, 0.3) is 0 Å². The van der Waals surface area contributed by atoms with Crippen LogP contribution in [0.5, 0.6) is 0 Å². The molecule has 0 atom stereocenters. The highest BCUT2D eigenvalue weighted by Crippen LogP contribution is 2.25. The summed E-state index contributed by atoms with van der Waals surface area (Å²) in [6.45, 7) is 4.13. The minimum absolute atomic E-state index is 0.606. The third-order valence-corrected chi connectivity index (χ3v) is 3.44. The molecule has 1 heterocycles. The summed E-state index contributed by atoms with van der Waals surface area (Å²) in [5.74, 6) is 7.53. The lowest BCUT2D eigenvalue weighted by atomic mass is 10.1. The lowest BCUT2D eigenvalue weighted by Gasteiger charge is -2.12. The monoisotopic (exact) mass is 335 g/mol. The standard InChI is InChI=1S/C14H18BrN5/c1-3-9-7-10(15)5-6-11(9)17-13-8-14(20-16)19-12(4-2)18-13/h5-8H,3-4,16H2,1-2H3,(H2,17,18,19,20). The predicted octanol–water partition coefficient (Wildman–Crippen LogP) is 3.39. The first kappa shape index (κ1) is 14.7. The minimum Gasteiger partial charge on any atom is -0.340 e. The summed E-state index contributed by atoms with van der Waals surface area (Å²) in [6.07, 6.45) is 1.70. The van der Waals surface area contributed by atoms with Gasteiger partial charge in [-0.2, -0.15) is 0 Å². The molecule has 0 bridgehead atoms. The topological polar surface area (TPSA) is 75.9 Å². The van der Waals surface area contributed by atoms with Gasteiger partial charge in [0, 0.05) is 22.6 Å². The molecule has 0 spiro atoms. The van der Waals surface area contributed by atoms with E-state index in [1.165, 1.54) is 5.56 Å². The van der Waals surface area contributed by atoms with Crippen molar-refractivity contribution >= 4 is 33.3 Å². The average molecular weight is 336 g/mol. The number of halogens is 1. The molecule has 0 saturated carbocycles. The van der Waals surface area contributed by atoms with Gasteiger partial charge < -0.3 is 10.7 Å². The van der Waals surface area contributed by atoms with Crippen molar-refractivity contribution in [1.29, 1.82) is 0 Å². The van der Waals surface area contributed by atoms with Crippen LogP contribution >= 0.6 is 15.9 Å². The van der Waals surface area contributed by atoms with E-state index in [0.29, 0.717) is 5.82 Å². The summed E-state index contributed by atoms with van der Waals surface area (Å²) in [6, 6.07) is 7.94. The van der Waals surface area contributed by atoms with Crippen LogP contribution in [-0.2, 0) is 12.8 Å². The van der Waals surface area contributed by atoms with E-state index in [1.54, 1.807) is 6.07 Å². The van der Waals surface area contributed by atoms with Crippen LogP contribution in [0, 0.1) is 0 Å². The fourth-order valence-electron chi connectivity index (χ4n) is 1.91. The zero-order chi connectivity index (χ0) is 14.5. The Morgan fingerprint density at radius 1 is 1.10 bits per heavy atom. The molecule has 0 unspecified atom stereocenters.